The molecule has 0 bridgehead atoms. The molecule has 1 N–H and O–H groups in total. The molecular formula is C18H19N3O. The van der Waals surface area contributed by atoms with Crippen LogP contribution in [0.2, 0.25) is 0 Å². The molecule has 0 amide bonds. The number of aromatic nitrogens is 2. The van der Waals surface area contributed by atoms with Crippen LogP contribution in [-0.4, -0.2) is 9.38 Å². The molecule has 4 heteroatoms. The highest BCUT2D eigenvalue weighted by Crippen LogP contribution is 2.16. The number of nitrogens with zero attached hydrogens (tertiary/aromatic N) is 2. The van der Waals surface area contributed by atoms with Gasteiger partial charge in [-0.3, -0.25) is 9.20 Å². The summed E-state index contributed by atoms with van der Waals surface area (Å²) in [4.78, 5) is 16.7. The molecule has 2 heterocycles. The standard InChI is InChI=1S/C18H19N3O/c1-12-4-6-16(14(3)8-12)19-10-15-9-18(22)21-11-13(2)5-7-17(21)20-15/h4-9,11,19H,10H2,1-3H3. The number of aryl methyl sites for hydroxylation is 3. The molecule has 0 saturated carbocycles. The summed E-state index contributed by atoms with van der Waals surface area (Å²) in [7, 11) is 0. The Morgan fingerprint density at radius 3 is 2.59 bits per heavy atom. The van der Waals surface area contributed by atoms with E-state index in [9.17, 15) is 4.79 Å². The van der Waals surface area contributed by atoms with Crippen molar-refractivity contribution in [3.63, 3.8) is 0 Å². The molecule has 1 aromatic carbocycles. The number of hydrogen-bond acceptors (Lipinski definition) is 3. The molecule has 2 aromatic heterocycles. The maximum absolute atomic E-state index is 12.2. The van der Waals surface area contributed by atoms with E-state index in [1.54, 1.807) is 10.5 Å². The van der Waals surface area contributed by atoms with E-state index in [-0.39, 0.29) is 5.56 Å². The lowest BCUT2D eigenvalue weighted by molar-refractivity contribution is 0.964. The van der Waals surface area contributed by atoms with Gasteiger partial charge in [0, 0.05) is 18.0 Å². The quantitative estimate of drug-likeness (QED) is 0.806. The lowest BCUT2D eigenvalue weighted by atomic mass is 10.1. The largest absolute Gasteiger partial charge is 0.379 e. The minimum atomic E-state index is -0.0499. The molecule has 0 aliphatic heterocycles. The van der Waals surface area contributed by atoms with Crippen molar-refractivity contribution in [1.82, 2.24) is 9.38 Å². The fourth-order valence-electron chi connectivity index (χ4n) is 2.55. The van der Waals surface area contributed by atoms with Gasteiger partial charge in [-0.1, -0.05) is 23.8 Å². The third kappa shape index (κ3) is 2.86. The van der Waals surface area contributed by atoms with Crippen LogP contribution in [0, 0.1) is 20.8 Å². The second-order valence-electron chi connectivity index (χ2n) is 5.69. The molecule has 0 aliphatic carbocycles. The van der Waals surface area contributed by atoms with E-state index in [2.05, 4.69) is 42.3 Å². The summed E-state index contributed by atoms with van der Waals surface area (Å²) in [5.41, 5.74) is 5.90. The molecule has 0 radical (unpaired) electrons. The Morgan fingerprint density at radius 1 is 1.05 bits per heavy atom. The van der Waals surface area contributed by atoms with Gasteiger partial charge >= 0.3 is 0 Å². The molecular weight excluding hydrogens is 274 g/mol. The molecule has 3 aromatic rings. The summed E-state index contributed by atoms with van der Waals surface area (Å²) in [5, 5.41) is 3.35. The van der Waals surface area contributed by atoms with Crippen LogP contribution in [-0.2, 0) is 6.54 Å². The first-order valence-electron chi connectivity index (χ1n) is 7.33. The molecule has 0 unspecified atom stereocenters. The zero-order chi connectivity index (χ0) is 15.7. The number of benzene rings is 1. The van der Waals surface area contributed by atoms with E-state index < -0.39 is 0 Å². The van der Waals surface area contributed by atoms with Crippen LogP contribution in [0.25, 0.3) is 5.65 Å². The van der Waals surface area contributed by atoms with Gasteiger partial charge in [0.15, 0.2) is 0 Å². The third-order valence-corrected chi connectivity index (χ3v) is 3.70. The van der Waals surface area contributed by atoms with E-state index in [4.69, 9.17) is 0 Å². The summed E-state index contributed by atoms with van der Waals surface area (Å²) in [5.74, 6) is 0. The predicted octanol–water partition coefficient (Wildman–Crippen LogP) is 3.23. The van der Waals surface area contributed by atoms with Crippen LogP contribution < -0.4 is 10.9 Å². The van der Waals surface area contributed by atoms with Crippen LogP contribution in [0.5, 0.6) is 0 Å². The fourth-order valence-corrected chi connectivity index (χ4v) is 2.55. The molecule has 3 rings (SSSR count). The van der Waals surface area contributed by atoms with Gasteiger partial charge in [0.05, 0.1) is 12.2 Å². The Morgan fingerprint density at radius 2 is 1.82 bits per heavy atom. The van der Waals surface area contributed by atoms with Crippen molar-refractivity contribution >= 4 is 11.3 Å². The third-order valence-electron chi connectivity index (χ3n) is 3.70. The van der Waals surface area contributed by atoms with Gasteiger partial charge in [-0.2, -0.15) is 0 Å². The van der Waals surface area contributed by atoms with Gasteiger partial charge in [-0.15, -0.1) is 0 Å². The van der Waals surface area contributed by atoms with Crippen molar-refractivity contribution in [2.75, 3.05) is 5.32 Å². The van der Waals surface area contributed by atoms with Gasteiger partial charge in [0.25, 0.3) is 5.56 Å². The van der Waals surface area contributed by atoms with Gasteiger partial charge in [-0.05, 0) is 44.0 Å². The second kappa shape index (κ2) is 5.64. The summed E-state index contributed by atoms with van der Waals surface area (Å²) in [6.45, 7) is 6.64. The van der Waals surface area contributed by atoms with Gasteiger partial charge in [-0.25, -0.2) is 4.98 Å². The highest BCUT2D eigenvalue weighted by atomic mass is 16.1. The first-order chi connectivity index (χ1) is 10.5. The van der Waals surface area contributed by atoms with Crippen molar-refractivity contribution in [3.05, 3.63) is 75.3 Å². The number of rotatable bonds is 3. The Bertz CT molecular complexity index is 896. The zero-order valence-electron chi connectivity index (χ0n) is 13.1. The second-order valence-corrected chi connectivity index (χ2v) is 5.69. The Hall–Kier alpha value is -2.62. The van der Waals surface area contributed by atoms with E-state index in [0.29, 0.717) is 12.2 Å². The average Bonchev–Trinajstić information content (AvgIpc) is 2.47. The lowest BCUT2D eigenvalue weighted by Gasteiger charge is -2.10. The van der Waals surface area contributed by atoms with E-state index in [1.165, 1.54) is 11.1 Å². The fraction of sp³-hybridized carbons (Fsp3) is 0.222. The summed E-state index contributed by atoms with van der Waals surface area (Å²) in [6, 6.07) is 11.7. The molecule has 0 aliphatic rings. The maximum Gasteiger partial charge on any atom is 0.258 e. The molecule has 0 fully saturated rings. The lowest BCUT2D eigenvalue weighted by Crippen LogP contribution is -2.17. The summed E-state index contributed by atoms with van der Waals surface area (Å²) >= 11 is 0. The van der Waals surface area contributed by atoms with Crippen molar-refractivity contribution < 1.29 is 0 Å². The smallest absolute Gasteiger partial charge is 0.258 e. The van der Waals surface area contributed by atoms with Crippen LogP contribution in [0.15, 0.2) is 47.4 Å². The highest BCUT2D eigenvalue weighted by Gasteiger charge is 2.04. The van der Waals surface area contributed by atoms with Crippen molar-refractivity contribution in [1.29, 1.82) is 0 Å². The Balaban J connectivity index is 1.88. The van der Waals surface area contributed by atoms with E-state index in [0.717, 1.165) is 16.9 Å². The molecule has 22 heavy (non-hydrogen) atoms. The van der Waals surface area contributed by atoms with Crippen molar-refractivity contribution in [2.45, 2.75) is 27.3 Å². The normalized spacial score (nSPS) is 10.9. The maximum atomic E-state index is 12.2. The zero-order valence-corrected chi connectivity index (χ0v) is 13.1. The van der Waals surface area contributed by atoms with Crippen LogP contribution in [0.4, 0.5) is 5.69 Å². The van der Waals surface area contributed by atoms with Gasteiger partial charge < -0.3 is 5.32 Å². The van der Waals surface area contributed by atoms with Crippen molar-refractivity contribution in [3.8, 4) is 0 Å². The number of pyridine rings is 1. The van der Waals surface area contributed by atoms with E-state index >= 15 is 0 Å². The molecule has 4 nitrogen and oxygen atoms in total. The van der Waals surface area contributed by atoms with Gasteiger partial charge in [0.2, 0.25) is 0 Å². The molecule has 0 saturated heterocycles. The molecule has 0 spiro atoms. The van der Waals surface area contributed by atoms with Crippen LogP contribution in [0.1, 0.15) is 22.4 Å². The molecule has 0 atom stereocenters. The summed E-state index contributed by atoms with van der Waals surface area (Å²) in [6.07, 6.45) is 1.81. The van der Waals surface area contributed by atoms with Crippen molar-refractivity contribution in [2.24, 2.45) is 0 Å². The minimum Gasteiger partial charge on any atom is -0.379 e. The van der Waals surface area contributed by atoms with E-state index in [1.807, 2.05) is 25.3 Å². The Kier molecular flexibility index (Phi) is 3.67. The number of fused-ring (bicyclic) bond motifs is 1. The van der Waals surface area contributed by atoms with Crippen LogP contribution in [0.3, 0.4) is 0 Å². The first kappa shape index (κ1) is 14.3. The summed E-state index contributed by atoms with van der Waals surface area (Å²) < 4.78 is 1.58. The predicted molar refractivity (Wildman–Crippen MR) is 89.4 cm³/mol. The minimum absolute atomic E-state index is 0.0499. The van der Waals surface area contributed by atoms with Crippen LogP contribution >= 0.6 is 0 Å². The SMILES string of the molecule is Cc1ccc(NCc2cc(=O)n3cc(C)ccc3n2)c(C)c1. The average molecular weight is 293 g/mol. The monoisotopic (exact) mass is 293 g/mol. The molecule has 112 valence electrons. The number of anilines is 1. The number of hydrogen-bond donors (Lipinski definition) is 1. The Labute approximate surface area is 129 Å². The number of nitrogens with one attached hydrogen (secondary N) is 1. The first-order valence-corrected chi connectivity index (χ1v) is 7.33. The highest BCUT2D eigenvalue weighted by molar-refractivity contribution is 5.52. The topological polar surface area (TPSA) is 46.4 Å². The van der Waals surface area contributed by atoms with Gasteiger partial charge in [0.1, 0.15) is 5.65 Å².